The summed E-state index contributed by atoms with van der Waals surface area (Å²) in [7, 11) is 4.26. The van der Waals surface area contributed by atoms with Gasteiger partial charge >= 0.3 is 0 Å². The van der Waals surface area contributed by atoms with Gasteiger partial charge in [-0.2, -0.15) is 0 Å². The van der Waals surface area contributed by atoms with Crippen LogP contribution in [-0.4, -0.2) is 37.4 Å². The summed E-state index contributed by atoms with van der Waals surface area (Å²) in [6.07, 6.45) is 11.4. The highest BCUT2D eigenvalue weighted by Gasteiger charge is 2.56. The van der Waals surface area contributed by atoms with E-state index in [1.165, 1.54) is 32.1 Å². The normalized spacial score (nSPS) is 50.5. The first-order valence-corrected chi connectivity index (χ1v) is 9.89. The minimum absolute atomic E-state index is 0.230. The number of rotatable bonds is 2. The molecule has 3 nitrogen and oxygen atoms in total. The molecule has 0 bridgehead atoms. The minimum atomic E-state index is -0.246. The Morgan fingerprint density at radius 1 is 1.12 bits per heavy atom. The highest BCUT2D eigenvalue weighted by atomic mass is 16.3. The first-order valence-electron chi connectivity index (χ1n) is 9.89. The van der Waals surface area contributed by atoms with Crippen molar-refractivity contribution in [3.8, 4) is 0 Å². The lowest BCUT2D eigenvalue weighted by molar-refractivity contribution is 0.0384. The van der Waals surface area contributed by atoms with E-state index in [1.807, 2.05) is 0 Å². The molecule has 0 aromatic rings. The van der Waals surface area contributed by atoms with Gasteiger partial charge in [0.15, 0.2) is 0 Å². The van der Waals surface area contributed by atoms with Crippen LogP contribution in [0.5, 0.6) is 0 Å². The van der Waals surface area contributed by atoms with Gasteiger partial charge in [0.25, 0.3) is 0 Å². The van der Waals surface area contributed by atoms with Crippen molar-refractivity contribution in [1.82, 2.24) is 10.6 Å². The second kappa shape index (κ2) is 5.69. The second-order valence-corrected chi connectivity index (χ2v) is 9.12. The number of aliphatic hydroxyl groups excluding tert-OH is 1. The molecule has 2 saturated carbocycles. The quantitative estimate of drug-likeness (QED) is 0.682. The molecule has 7 atom stereocenters. The summed E-state index contributed by atoms with van der Waals surface area (Å²) in [5, 5.41) is 17.4. The summed E-state index contributed by atoms with van der Waals surface area (Å²) in [4.78, 5) is 0. The zero-order chi connectivity index (χ0) is 17.1. The summed E-state index contributed by atoms with van der Waals surface area (Å²) in [5.74, 6) is 1.24. The second-order valence-electron chi connectivity index (χ2n) is 9.12. The first-order chi connectivity index (χ1) is 11.4. The van der Waals surface area contributed by atoms with Crippen LogP contribution in [0, 0.1) is 22.7 Å². The van der Waals surface area contributed by atoms with Gasteiger partial charge in [0, 0.05) is 17.5 Å². The fraction of sp³-hybridized carbons (Fsp3) is 0.810. The number of hydrogen-bond donors (Lipinski definition) is 3. The molecular formula is C21H34N2O. The molecule has 0 radical (unpaired) electrons. The van der Waals surface area contributed by atoms with Gasteiger partial charge in [-0.15, -0.1) is 0 Å². The smallest absolute Gasteiger partial charge is 0.0724 e. The maximum Gasteiger partial charge on any atom is 0.0724 e. The standard InChI is InChI=1S/C21H34N2O/c1-20-9-7-14(24)11-13(20)12-17(22-3)19-15-5-6-18(23-4)21(15,2)10-8-16(19)20/h7,9,13-14,16-18,22-24H,5-6,8,10-12H2,1-4H3/t13-,14-,16-,17-,18-,20-,21-/m0/s1. The third kappa shape index (κ3) is 2.14. The number of aliphatic hydroxyl groups is 1. The summed E-state index contributed by atoms with van der Waals surface area (Å²) >= 11 is 0. The Labute approximate surface area is 147 Å². The third-order valence-electron chi connectivity index (χ3n) is 8.24. The number of hydrogen-bond acceptors (Lipinski definition) is 3. The van der Waals surface area contributed by atoms with E-state index in [0.717, 1.165) is 6.42 Å². The van der Waals surface area contributed by atoms with Crippen molar-refractivity contribution in [2.24, 2.45) is 22.7 Å². The van der Waals surface area contributed by atoms with E-state index in [-0.39, 0.29) is 11.5 Å². The van der Waals surface area contributed by atoms with E-state index >= 15 is 0 Å². The van der Waals surface area contributed by atoms with Gasteiger partial charge in [-0.1, -0.05) is 31.6 Å². The Bertz CT molecular complexity index is 582. The Balaban J connectivity index is 1.82. The Hall–Kier alpha value is -0.640. The lowest BCUT2D eigenvalue weighted by Crippen LogP contribution is -2.54. The topological polar surface area (TPSA) is 44.3 Å². The van der Waals surface area contributed by atoms with Crippen molar-refractivity contribution in [3.05, 3.63) is 23.3 Å². The highest BCUT2D eigenvalue weighted by Crippen LogP contribution is 2.62. The molecule has 4 aliphatic carbocycles. The summed E-state index contributed by atoms with van der Waals surface area (Å²) in [5.41, 5.74) is 4.07. The molecule has 0 saturated heterocycles. The van der Waals surface area contributed by atoms with Crippen molar-refractivity contribution < 1.29 is 5.11 Å². The van der Waals surface area contributed by atoms with Crippen LogP contribution >= 0.6 is 0 Å². The zero-order valence-corrected chi connectivity index (χ0v) is 15.7. The third-order valence-corrected chi connectivity index (χ3v) is 8.24. The SMILES string of the molecule is CN[C@H]1C[C@@H]2C[C@@H](O)C=C[C@]2(C)[C@H]2CC[C@@]3(C)C(=C12)CC[C@@H]3NC. The highest BCUT2D eigenvalue weighted by molar-refractivity contribution is 5.40. The lowest BCUT2D eigenvalue weighted by Gasteiger charge is -2.56. The van der Waals surface area contributed by atoms with Crippen LogP contribution in [0.25, 0.3) is 0 Å². The van der Waals surface area contributed by atoms with Gasteiger partial charge in [-0.3, -0.25) is 0 Å². The molecule has 0 spiro atoms. The van der Waals surface area contributed by atoms with E-state index in [0.29, 0.717) is 29.3 Å². The van der Waals surface area contributed by atoms with Crippen LogP contribution in [-0.2, 0) is 0 Å². The molecule has 3 N–H and O–H groups in total. The predicted molar refractivity (Wildman–Crippen MR) is 98.8 cm³/mol. The number of likely N-dealkylation sites (N-methyl/N-ethyl adjacent to an activating group) is 1. The van der Waals surface area contributed by atoms with Gasteiger partial charge < -0.3 is 15.7 Å². The average Bonchev–Trinajstić information content (AvgIpc) is 2.91. The predicted octanol–water partition coefficient (Wildman–Crippen LogP) is 3.02. The maximum atomic E-state index is 10.1. The van der Waals surface area contributed by atoms with Crippen LogP contribution in [0.15, 0.2) is 23.3 Å². The van der Waals surface area contributed by atoms with E-state index in [1.54, 1.807) is 11.1 Å². The molecule has 0 aromatic heterocycles. The van der Waals surface area contributed by atoms with E-state index in [4.69, 9.17) is 0 Å². The van der Waals surface area contributed by atoms with Gasteiger partial charge in [0.1, 0.15) is 0 Å². The fourth-order valence-electron chi connectivity index (χ4n) is 6.79. The molecule has 3 heteroatoms. The number of nitrogens with one attached hydrogen (secondary N) is 2. The molecule has 0 amide bonds. The van der Waals surface area contributed by atoms with E-state index in [9.17, 15) is 5.11 Å². The molecule has 2 fully saturated rings. The average molecular weight is 331 g/mol. The molecule has 24 heavy (non-hydrogen) atoms. The molecule has 4 rings (SSSR count). The van der Waals surface area contributed by atoms with Gasteiger partial charge in [0.05, 0.1) is 6.10 Å². The van der Waals surface area contributed by atoms with Crippen molar-refractivity contribution in [2.45, 2.75) is 70.6 Å². The number of fused-ring (bicyclic) bond motifs is 4. The van der Waals surface area contributed by atoms with Gasteiger partial charge in [0.2, 0.25) is 0 Å². The van der Waals surface area contributed by atoms with Crippen molar-refractivity contribution in [1.29, 1.82) is 0 Å². The molecule has 134 valence electrons. The van der Waals surface area contributed by atoms with Crippen LogP contribution in [0.1, 0.15) is 52.4 Å². The van der Waals surface area contributed by atoms with Crippen molar-refractivity contribution >= 4 is 0 Å². The summed E-state index contributed by atoms with van der Waals surface area (Å²) in [6, 6.07) is 1.13. The molecule has 0 aliphatic heterocycles. The van der Waals surface area contributed by atoms with Gasteiger partial charge in [-0.05, 0) is 75.4 Å². The van der Waals surface area contributed by atoms with Crippen LogP contribution in [0.4, 0.5) is 0 Å². The Morgan fingerprint density at radius 2 is 1.92 bits per heavy atom. The maximum absolute atomic E-state index is 10.1. The van der Waals surface area contributed by atoms with Crippen LogP contribution in [0.2, 0.25) is 0 Å². The molecular weight excluding hydrogens is 296 g/mol. The van der Waals surface area contributed by atoms with Crippen molar-refractivity contribution in [3.63, 3.8) is 0 Å². The summed E-state index contributed by atoms with van der Waals surface area (Å²) in [6.45, 7) is 4.96. The molecule has 4 aliphatic rings. The molecule has 0 heterocycles. The van der Waals surface area contributed by atoms with Gasteiger partial charge in [-0.25, -0.2) is 0 Å². The Morgan fingerprint density at radius 3 is 2.62 bits per heavy atom. The number of allylic oxidation sites excluding steroid dienone is 1. The zero-order valence-electron chi connectivity index (χ0n) is 15.7. The lowest BCUT2D eigenvalue weighted by atomic mass is 9.50. The molecule has 0 aromatic carbocycles. The fourth-order valence-corrected chi connectivity index (χ4v) is 6.79. The first kappa shape index (κ1) is 16.8. The van der Waals surface area contributed by atoms with E-state index in [2.05, 4.69) is 50.7 Å². The van der Waals surface area contributed by atoms with Crippen LogP contribution < -0.4 is 10.6 Å². The van der Waals surface area contributed by atoms with Crippen LogP contribution in [0.3, 0.4) is 0 Å². The minimum Gasteiger partial charge on any atom is -0.389 e. The molecule has 0 unspecified atom stereocenters. The summed E-state index contributed by atoms with van der Waals surface area (Å²) < 4.78 is 0. The van der Waals surface area contributed by atoms with Crippen molar-refractivity contribution in [2.75, 3.05) is 14.1 Å². The monoisotopic (exact) mass is 330 g/mol. The largest absolute Gasteiger partial charge is 0.389 e. The Kier molecular flexibility index (Phi) is 3.98. The van der Waals surface area contributed by atoms with E-state index < -0.39 is 0 Å².